The lowest BCUT2D eigenvalue weighted by Gasteiger charge is -2.26. The Labute approximate surface area is 88.8 Å². The smallest absolute Gasteiger partial charge is 0.259 e. The van der Waals surface area contributed by atoms with Crippen molar-refractivity contribution in [1.29, 1.82) is 0 Å². The summed E-state index contributed by atoms with van der Waals surface area (Å²) in [4.78, 5) is 13.8. The fourth-order valence-electron chi connectivity index (χ4n) is 2.56. The molecular formula is C11H15NO3. The molecule has 0 N–H and O–H groups in total. The van der Waals surface area contributed by atoms with Crippen LogP contribution in [0.1, 0.15) is 26.7 Å². The monoisotopic (exact) mass is 209 g/mol. The number of carbonyl (C=O) groups is 1. The van der Waals surface area contributed by atoms with Crippen molar-refractivity contribution >= 4 is 5.91 Å². The van der Waals surface area contributed by atoms with Crippen molar-refractivity contribution in [2.75, 3.05) is 6.54 Å². The van der Waals surface area contributed by atoms with E-state index in [0.717, 1.165) is 25.1 Å². The van der Waals surface area contributed by atoms with Crippen molar-refractivity contribution in [2.45, 2.75) is 44.7 Å². The number of ether oxygens (including phenoxy) is 2. The highest BCUT2D eigenvalue weighted by molar-refractivity contribution is 5.88. The number of hydrogen-bond donors (Lipinski definition) is 0. The van der Waals surface area contributed by atoms with Gasteiger partial charge in [0, 0.05) is 12.2 Å². The largest absolute Gasteiger partial charge is 0.338 e. The first-order chi connectivity index (χ1) is 7.08. The Hall–Kier alpha value is -0.870. The SMILES string of the molecule is CC1(C)OC2C(=O)N3CCCC=C3C2O1. The van der Waals surface area contributed by atoms with Crippen molar-refractivity contribution in [3.63, 3.8) is 0 Å². The Bertz CT molecular complexity index is 348. The minimum absolute atomic E-state index is 0.0662. The number of fused-ring (bicyclic) bond motifs is 3. The summed E-state index contributed by atoms with van der Waals surface area (Å²) >= 11 is 0. The maximum atomic E-state index is 12.0. The zero-order valence-electron chi connectivity index (χ0n) is 9.03. The molecule has 2 fully saturated rings. The fourth-order valence-corrected chi connectivity index (χ4v) is 2.56. The van der Waals surface area contributed by atoms with Crippen LogP contribution in [0.3, 0.4) is 0 Å². The number of hydrogen-bond acceptors (Lipinski definition) is 3. The summed E-state index contributed by atoms with van der Waals surface area (Å²) in [6.45, 7) is 4.52. The van der Waals surface area contributed by atoms with E-state index in [4.69, 9.17) is 9.47 Å². The molecule has 2 saturated heterocycles. The fraction of sp³-hybridized carbons (Fsp3) is 0.727. The molecule has 82 valence electrons. The molecule has 0 aromatic rings. The van der Waals surface area contributed by atoms with Crippen LogP contribution >= 0.6 is 0 Å². The highest BCUT2D eigenvalue weighted by Gasteiger charge is 2.55. The van der Waals surface area contributed by atoms with Gasteiger partial charge in [0.25, 0.3) is 5.91 Å². The number of rotatable bonds is 0. The topological polar surface area (TPSA) is 38.8 Å². The van der Waals surface area contributed by atoms with Crippen LogP contribution in [0, 0.1) is 0 Å². The Kier molecular flexibility index (Phi) is 1.77. The van der Waals surface area contributed by atoms with E-state index in [2.05, 4.69) is 6.08 Å². The van der Waals surface area contributed by atoms with E-state index in [0.29, 0.717) is 0 Å². The summed E-state index contributed by atoms with van der Waals surface area (Å²) in [5, 5.41) is 0. The van der Waals surface area contributed by atoms with Crippen LogP contribution in [0.4, 0.5) is 0 Å². The van der Waals surface area contributed by atoms with Gasteiger partial charge in [-0.15, -0.1) is 0 Å². The minimum Gasteiger partial charge on any atom is -0.338 e. The average Bonchev–Trinajstić information content (AvgIpc) is 2.63. The van der Waals surface area contributed by atoms with E-state index in [9.17, 15) is 4.79 Å². The molecule has 2 atom stereocenters. The Morgan fingerprint density at radius 2 is 2.13 bits per heavy atom. The third kappa shape index (κ3) is 1.25. The van der Waals surface area contributed by atoms with Gasteiger partial charge < -0.3 is 14.4 Å². The molecule has 0 spiro atoms. The van der Waals surface area contributed by atoms with Gasteiger partial charge in [-0.1, -0.05) is 6.08 Å². The maximum absolute atomic E-state index is 12.0. The molecule has 15 heavy (non-hydrogen) atoms. The summed E-state index contributed by atoms with van der Waals surface area (Å²) < 4.78 is 11.4. The summed E-state index contributed by atoms with van der Waals surface area (Å²) in [5.74, 6) is -0.563. The molecule has 0 aliphatic carbocycles. The number of nitrogens with zero attached hydrogens (tertiary/aromatic N) is 1. The van der Waals surface area contributed by atoms with Gasteiger partial charge in [0.15, 0.2) is 11.9 Å². The van der Waals surface area contributed by atoms with Gasteiger partial charge in [-0.05, 0) is 26.7 Å². The second-order valence-electron chi connectivity index (χ2n) is 4.74. The maximum Gasteiger partial charge on any atom is 0.259 e. The van der Waals surface area contributed by atoms with E-state index < -0.39 is 11.9 Å². The lowest BCUT2D eigenvalue weighted by atomic mass is 10.1. The molecule has 0 aromatic heterocycles. The van der Waals surface area contributed by atoms with Gasteiger partial charge in [0.2, 0.25) is 0 Å². The summed E-state index contributed by atoms with van der Waals surface area (Å²) in [6.07, 6.45) is 3.60. The minimum atomic E-state index is -0.630. The second kappa shape index (κ2) is 2.83. The summed E-state index contributed by atoms with van der Waals surface area (Å²) in [5.41, 5.74) is 1.02. The van der Waals surface area contributed by atoms with Crippen LogP contribution in [-0.4, -0.2) is 35.3 Å². The number of carbonyl (C=O) groups excluding carboxylic acids is 1. The Morgan fingerprint density at radius 3 is 2.93 bits per heavy atom. The molecule has 0 radical (unpaired) electrons. The first kappa shape index (κ1) is 9.36. The van der Waals surface area contributed by atoms with Crippen LogP contribution in [0.2, 0.25) is 0 Å². The van der Waals surface area contributed by atoms with E-state index in [-0.39, 0.29) is 12.0 Å². The van der Waals surface area contributed by atoms with Crippen LogP contribution < -0.4 is 0 Å². The number of amides is 1. The molecule has 4 nitrogen and oxygen atoms in total. The summed E-state index contributed by atoms with van der Waals surface area (Å²) in [7, 11) is 0. The lowest BCUT2D eigenvalue weighted by molar-refractivity contribution is -0.165. The highest BCUT2D eigenvalue weighted by atomic mass is 16.8. The van der Waals surface area contributed by atoms with Gasteiger partial charge in [-0.3, -0.25) is 4.79 Å². The van der Waals surface area contributed by atoms with Crippen molar-refractivity contribution in [3.8, 4) is 0 Å². The molecule has 3 heterocycles. The second-order valence-corrected chi connectivity index (χ2v) is 4.74. The first-order valence-corrected chi connectivity index (χ1v) is 5.45. The molecule has 0 bridgehead atoms. The first-order valence-electron chi connectivity index (χ1n) is 5.45. The molecule has 0 saturated carbocycles. The molecule has 3 aliphatic rings. The number of allylic oxidation sites excluding steroid dienone is 1. The van der Waals surface area contributed by atoms with Crippen LogP contribution in [0.15, 0.2) is 11.8 Å². The molecule has 4 heteroatoms. The van der Waals surface area contributed by atoms with Gasteiger partial charge in [-0.2, -0.15) is 0 Å². The normalized spacial score (nSPS) is 37.6. The third-order valence-electron chi connectivity index (χ3n) is 3.15. The molecule has 3 aliphatic heterocycles. The quantitative estimate of drug-likeness (QED) is 0.598. The predicted octanol–water partition coefficient (Wildman–Crippen LogP) is 1.03. The van der Waals surface area contributed by atoms with Gasteiger partial charge in [0.1, 0.15) is 6.10 Å². The molecule has 1 amide bonds. The molecule has 3 rings (SSSR count). The van der Waals surface area contributed by atoms with Crippen molar-refractivity contribution in [1.82, 2.24) is 4.90 Å². The zero-order valence-corrected chi connectivity index (χ0v) is 9.03. The molecular weight excluding hydrogens is 194 g/mol. The van der Waals surface area contributed by atoms with Crippen molar-refractivity contribution in [2.24, 2.45) is 0 Å². The van der Waals surface area contributed by atoms with Crippen molar-refractivity contribution < 1.29 is 14.3 Å². The average molecular weight is 209 g/mol. The molecule has 0 aromatic carbocycles. The highest BCUT2D eigenvalue weighted by Crippen LogP contribution is 2.40. The lowest BCUT2D eigenvalue weighted by Crippen LogP contribution is -2.35. The summed E-state index contributed by atoms with van der Waals surface area (Å²) in [6, 6.07) is 0. The third-order valence-corrected chi connectivity index (χ3v) is 3.15. The van der Waals surface area contributed by atoms with E-state index >= 15 is 0 Å². The van der Waals surface area contributed by atoms with E-state index in [1.165, 1.54) is 0 Å². The standard InChI is InChI=1S/C11H15NO3/c1-11(2)14-8-7-5-3-4-6-12(7)10(13)9(8)15-11/h5,8-9H,3-4,6H2,1-2H3. The van der Waals surface area contributed by atoms with E-state index in [1.807, 2.05) is 18.7 Å². The predicted molar refractivity (Wildman–Crippen MR) is 52.9 cm³/mol. The molecule has 2 unspecified atom stereocenters. The van der Waals surface area contributed by atoms with Crippen LogP contribution in [0.25, 0.3) is 0 Å². The Morgan fingerprint density at radius 1 is 1.40 bits per heavy atom. The van der Waals surface area contributed by atoms with Crippen LogP contribution in [-0.2, 0) is 14.3 Å². The zero-order chi connectivity index (χ0) is 10.6. The van der Waals surface area contributed by atoms with Crippen LogP contribution in [0.5, 0.6) is 0 Å². The van der Waals surface area contributed by atoms with Gasteiger partial charge >= 0.3 is 0 Å². The van der Waals surface area contributed by atoms with Gasteiger partial charge in [0.05, 0.1) is 0 Å². The Balaban J connectivity index is 1.96. The van der Waals surface area contributed by atoms with E-state index in [1.54, 1.807) is 0 Å². The van der Waals surface area contributed by atoms with Gasteiger partial charge in [-0.25, -0.2) is 0 Å². The van der Waals surface area contributed by atoms with Crippen molar-refractivity contribution in [3.05, 3.63) is 11.8 Å².